The molecule has 3 rings (SSSR count). The van der Waals surface area contributed by atoms with Crippen LogP contribution in [-0.2, 0) is 22.1 Å². The summed E-state index contributed by atoms with van der Waals surface area (Å²) in [6.07, 6.45) is 1.28. The predicted octanol–water partition coefficient (Wildman–Crippen LogP) is 3.87. The first kappa shape index (κ1) is 22.9. The monoisotopic (exact) mass is 458 g/mol. The van der Waals surface area contributed by atoms with Crippen molar-refractivity contribution in [2.75, 3.05) is 10.6 Å². The number of anilines is 3. The molecule has 166 valence electrons. The summed E-state index contributed by atoms with van der Waals surface area (Å²) in [4.78, 5) is 15.9. The van der Waals surface area contributed by atoms with Crippen molar-refractivity contribution < 1.29 is 22.0 Å². The number of amides is 1. The zero-order chi connectivity index (χ0) is 23.3. The number of rotatable bonds is 9. The number of hydrogen-bond acceptors (Lipinski definition) is 6. The number of halogens is 2. The SMILES string of the molecule is C=CS(=O)(=O)Cc1ccc(Nc2cc(NCc3cc(F)cc(F)c3)c(C(N)=O)cn2)cc1. The molecule has 0 bridgehead atoms. The maximum absolute atomic E-state index is 13.4. The first-order valence-corrected chi connectivity index (χ1v) is 11.1. The number of aromatic nitrogens is 1. The standard InChI is InChI=1S/C22H20F2N4O3S/c1-2-32(30,31)13-14-3-5-18(6-4-14)28-21-10-20(19(12-27-21)22(25)29)26-11-15-7-16(23)9-17(24)8-15/h2-10,12H,1,11,13H2,(H2,25,29)(H2,26,27,28). The number of pyridine rings is 1. The third-order valence-corrected chi connectivity index (χ3v) is 5.67. The molecule has 32 heavy (non-hydrogen) atoms. The number of carbonyl (C=O) groups is 1. The number of nitrogens with two attached hydrogens (primary N) is 1. The van der Waals surface area contributed by atoms with E-state index in [-0.39, 0.29) is 17.9 Å². The Bertz CT molecular complexity index is 1240. The Labute approximate surface area is 183 Å². The zero-order valence-electron chi connectivity index (χ0n) is 16.8. The summed E-state index contributed by atoms with van der Waals surface area (Å²) < 4.78 is 50.1. The molecule has 0 aliphatic carbocycles. The minimum absolute atomic E-state index is 0.0465. The molecule has 1 heterocycles. The Morgan fingerprint density at radius 3 is 2.31 bits per heavy atom. The fourth-order valence-electron chi connectivity index (χ4n) is 2.90. The van der Waals surface area contributed by atoms with E-state index in [4.69, 9.17) is 5.73 Å². The second-order valence-corrected chi connectivity index (χ2v) is 8.85. The van der Waals surface area contributed by atoms with Gasteiger partial charge in [-0.15, -0.1) is 0 Å². The van der Waals surface area contributed by atoms with Crippen LogP contribution in [0.4, 0.5) is 26.0 Å². The maximum Gasteiger partial charge on any atom is 0.252 e. The van der Waals surface area contributed by atoms with Crippen LogP contribution in [0.25, 0.3) is 0 Å². The van der Waals surface area contributed by atoms with Gasteiger partial charge in [0.2, 0.25) is 0 Å². The third kappa shape index (κ3) is 6.11. The molecular weight excluding hydrogens is 438 g/mol. The molecule has 2 aromatic carbocycles. The normalized spacial score (nSPS) is 11.1. The van der Waals surface area contributed by atoms with Gasteiger partial charge in [-0.3, -0.25) is 4.79 Å². The molecule has 3 aromatic rings. The average molecular weight is 458 g/mol. The molecule has 1 aromatic heterocycles. The summed E-state index contributed by atoms with van der Waals surface area (Å²) in [6.45, 7) is 3.33. The predicted molar refractivity (Wildman–Crippen MR) is 119 cm³/mol. The van der Waals surface area contributed by atoms with Gasteiger partial charge in [0.1, 0.15) is 17.5 Å². The van der Waals surface area contributed by atoms with Crippen molar-refractivity contribution in [1.82, 2.24) is 4.98 Å². The Balaban J connectivity index is 1.78. The van der Waals surface area contributed by atoms with E-state index < -0.39 is 27.4 Å². The van der Waals surface area contributed by atoms with Crippen LogP contribution < -0.4 is 16.4 Å². The highest BCUT2D eigenvalue weighted by molar-refractivity contribution is 7.93. The van der Waals surface area contributed by atoms with E-state index >= 15 is 0 Å². The lowest BCUT2D eigenvalue weighted by atomic mass is 10.1. The van der Waals surface area contributed by atoms with Gasteiger partial charge in [0.25, 0.3) is 5.91 Å². The van der Waals surface area contributed by atoms with Gasteiger partial charge in [-0.05, 0) is 35.4 Å². The molecule has 1 amide bonds. The van der Waals surface area contributed by atoms with Crippen molar-refractivity contribution in [3.8, 4) is 0 Å². The molecule has 0 unspecified atom stereocenters. The molecular formula is C22H20F2N4O3S. The number of benzene rings is 2. The summed E-state index contributed by atoms with van der Waals surface area (Å²) in [7, 11) is -3.37. The molecule has 0 spiro atoms. The van der Waals surface area contributed by atoms with Crippen molar-refractivity contribution in [3.05, 3.63) is 95.0 Å². The second-order valence-electron chi connectivity index (χ2n) is 6.91. The van der Waals surface area contributed by atoms with Crippen LogP contribution in [0.2, 0.25) is 0 Å². The van der Waals surface area contributed by atoms with Crippen LogP contribution in [0, 0.1) is 11.6 Å². The lowest BCUT2D eigenvalue weighted by molar-refractivity contribution is 0.100. The first-order valence-electron chi connectivity index (χ1n) is 9.35. The lowest BCUT2D eigenvalue weighted by Crippen LogP contribution is -2.15. The highest BCUT2D eigenvalue weighted by Crippen LogP contribution is 2.23. The number of hydrogen-bond donors (Lipinski definition) is 3. The van der Waals surface area contributed by atoms with E-state index in [0.29, 0.717) is 28.3 Å². The number of nitrogens with zero attached hydrogens (tertiary/aromatic N) is 1. The molecule has 4 N–H and O–H groups in total. The Morgan fingerprint density at radius 1 is 1.06 bits per heavy atom. The van der Waals surface area contributed by atoms with Crippen LogP contribution >= 0.6 is 0 Å². The number of nitrogens with one attached hydrogen (secondary N) is 2. The Hall–Kier alpha value is -3.79. The Morgan fingerprint density at radius 2 is 1.72 bits per heavy atom. The minimum Gasteiger partial charge on any atom is -0.380 e. The van der Waals surface area contributed by atoms with Crippen molar-refractivity contribution >= 4 is 32.9 Å². The fraction of sp³-hybridized carbons (Fsp3) is 0.0909. The molecule has 0 aliphatic heterocycles. The summed E-state index contributed by atoms with van der Waals surface area (Å²) in [6, 6.07) is 11.3. The van der Waals surface area contributed by atoms with E-state index in [9.17, 15) is 22.0 Å². The van der Waals surface area contributed by atoms with Crippen molar-refractivity contribution in [1.29, 1.82) is 0 Å². The number of primary amides is 1. The van der Waals surface area contributed by atoms with Crippen molar-refractivity contribution in [2.24, 2.45) is 5.73 Å². The van der Waals surface area contributed by atoms with Gasteiger partial charge in [-0.25, -0.2) is 22.2 Å². The lowest BCUT2D eigenvalue weighted by Gasteiger charge is -2.13. The fourth-order valence-corrected chi connectivity index (χ4v) is 3.67. The van der Waals surface area contributed by atoms with Gasteiger partial charge in [-0.1, -0.05) is 18.7 Å². The molecule has 0 saturated heterocycles. The van der Waals surface area contributed by atoms with Gasteiger partial charge in [0.15, 0.2) is 9.84 Å². The van der Waals surface area contributed by atoms with Crippen LogP contribution in [0.15, 0.2) is 66.7 Å². The summed E-state index contributed by atoms with van der Waals surface area (Å²) in [5.74, 6) is -1.92. The van der Waals surface area contributed by atoms with E-state index in [1.165, 1.54) is 24.4 Å². The van der Waals surface area contributed by atoms with E-state index in [1.807, 2.05) is 0 Å². The van der Waals surface area contributed by atoms with Crippen LogP contribution in [0.1, 0.15) is 21.5 Å². The first-order chi connectivity index (χ1) is 15.1. The highest BCUT2D eigenvalue weighted by atomic mass is 32.2. The van der Waals surface area contributed by atoms with Crippen molar-refractivity contribution in [2.45, 2.75) is 12.3 Å². The van der Waals surface area contributed by atoms with Gasteiger partial charge in [-0.2, -0.15) is 0 Å². The largest absolute Gasteiger partial charge is 0.380 e. The maximum atomic E-state index is 13.4. The quantitative estimate of drug-likeness (QED) is 0.449. The molecule has 0 saturated carbocycles. The van der Waals surface area contributed by atoms with Crippen LogP contribution in [-0.4, -0.2) is 19.3 Å². The van der Waals surface area contributed by atoms with Gasteiger partial charge < -0.3 is 16.4 Å². The van der Waals surface area contributed by atoms with E-state index in [2.05, 4.69) is 22.2 Å². The Kier molecular flexibility index (Phi) is 6.84. The smallest absolute Gasteiger partial charge is 0.252 e. The van der Waals surface area contributed by atoms with Crippen molar-refractivity contribution in [3.63, 3.8) is 0 Å². The van der Waals surface area contributed by atoms with E-state index in [0.717, 1.165) is 11.5 Å². The number of carbonyl (C=O) groups excluding carboxylic acids is 1. The van der Waals surface area contributed by atoms with Crippen LogP contribution in [0.5, 0.6) is 0 Å². The molecule has 0 aliphatic rings. The molecule has 0 radical (unpaired) electrons. The third-order valence-electron chi connectivity index (χ3n) is 4.42. The number of sulfone groups is 1. The highest BCUT2D eigenvalue weighted by Gasteiger charge is 2.12. The minimum atomic E-state index is -3.37. The van der Waals surface area contributed by atoms with E-state index in [1.54, 1.807) is 24.3 Å². The second kappa shape index (κ2) is 9.56. The molecule has 0 fully saturated rings. The molecule has 0 atom stereocenters. The summed E-state index contributed by atoms with van der Waals surface area (Å²) in [5.41, 5.74) is 7.40. The zero-order valence-corrected chi connectivity index (χ0v) is 17.6. The topological polar surface area (TPSA) is 114 Å². The summed E-state index contributed by atoms with van der Waals surface area (Å²) >= 11 is 0. The van der Waals surface area contributed by atoms with Gasteiger partial charge in [0, 0.05) is 36.0 Å². The van der Waals surface area contributed by atoms with Gasteiger partial charge in [0.05, 0.1) is 17.0 Å². The molecule has 7 nitrogen and oxygen atoms in total. The van der Waals surface area contributed by atoms with Crippen LogP contribution in [0.3, 0.4) is 0 Å². The van der Waals surface area contributed by atoms with Gasteiger partial charge >= 0.3 is 0 Å². The average Bonchev–Trinajstić information content (AvgIpc) is 2.73. The molecule has 10 heteroatoms. The summed E-state index contributed by atoms with van der Waals surface area (Å²) in [5, 5.41) is 6.89.